The van der Waals surface area contributed by atoms with Gasteiger partial charge in [-0.3, -0.25) is 9.59 Å². The lowest BCUT2D eigenvalue weighted by molar-refractivity contribution is -0.137. The Morgan fingerprint density at radius 3 is 2.44 bits per heavy atom. The van der Waals surface area contributed by atoms with E-state index in [0.29, 0.717) is 12.3 Å². The van der Waals surface area contributed by atoms with Crippen molar-refractivity contribution in [1.29, 1.82) is 0 Å². The van der Waals surface area contributed by atoms with E-state index in [-0.39, 0.29) is 36.1 Å². The second-order valence-electron chi connectivity index (χ2n) is 8.23. The highest BCUT2D eigenvalue weighted by molar-refractivity contribution is 6.29. The van der Waals surface area contributed by atoms with Crippen LogP contribution in [-0.2, 0) is 22.3 Å². The fourth-order valence-electron chi connectivity index (χ4n) is 3.77. The van der Waals surface area contributed by atoms with Gasteiger partial charge in [0.1, 0.15) is 16.4 Å². The molecule has 0 spiro atoms. The molecule has 0 saturated carbocycles. The standard InChI is InChI=1S/C25H22ClF3N4O3/c26-21-7-3-6-20(32-21)22(34)33-24(12-13-36-15-24)23(35)30-14-16-8-10-17(11-9-16)31-19-5-2-1-4-18(19)25(27,28)29/h1-11,31H,12-15H2,(H,30,35)(H,33,34)/t24-/m0/s1. The van der Waals surface area contributed by atoms with Crippen molar-refractivity contribution >= 4 is 34.8 Å². The number of halogens is 4. The van der Waals surface area contributed by atoms with Crippen LogP contribution < -0.4 is 16.0 Å². The summed E-state index contributed by atoms with van der Waals surface area (Å²) in [6.45, 7) is 0.453. The van der Waals surface area contributed by atoms with Crippen molar-refractivity contribution in [2.24, 2.45) is 0 Å². The molecule has 188 valence electrons. The zero-order chi connectivity index (χ0) is 25.8. The average Bonchev–Trinajstić information content (AvgIpc) is 3.33. The van der Waals surface area contributed by atoms with Crippen molar-refractivity contribution in [3.8, 4) is 0 Å². The molecule has 1 aliphatic rings. The quantitative estimate of drug-likeness (QED) is 0.394. The first-order valence-electron chi connectivity index (χ1n) is 11.0. The molecule has 0 bridgehead atoms. The van der Waals surface area contributed by atoms with Crippen LogP contribution in [0, 0.1) is 0 Å². The van der Waals surface area contributed by atoms with Gasteiger partial charge in [-0.1, -0.05) is 41.9 Å². The van der Waals surface area contributed by atoms with Crippen LogP contribution in [0.4, 0.5) is 24.5 Å². The van der Waals surface area contributed by atoms with Crippen LogP contribution in [0.25, 0.3) is 0 Å². The van der Waals surface area contributed by atoms with Gasteiger partial charge in [0.25, 0.3) is 5.91 Å². The fraction of sp³-hybridized carbons (Fsp3) is 0.240. The van der Waals surface area contributed by atoms with Crippen LogP contribution in [0.15, 0.2) is 66.7 Å². The lowest BCUT2D eigenvalue weighted by Crippen LogP contribution is -2.59. The van der Waals surface area contributed by atoms with Gasteiger partial charge in [0, 0.05) is 25.3 Å². The second kappa shape index (κ2) is 10.5. The van der Waals surface area contributed by atoms with E-state index in [1.54, 1.807) is 30.3 Å². The molecule has 3 aromatic rings. The van der Waals surface area contributed by atoms with Gasteiger partial charge in [0.2, 0.25) is 5.91 Å². The highest BCUT2D eigenvalue weighted by atomic mass is 35.5. The molecule has 11 heteroatoms. The number of hydrogen-bond acceptors (Lipinski definition) is 5. The molecule has 1 aromatic heterocycles. The Kier molecular flexibility index (Phi) is 7.46. The number of aromatic nitrogens is 1. The summed E-state index contributed by atoms with van der Waals surface area (Å²) in [5, 5.41) is 8.46. The molecule has 7 nitrogen and oxygen atoms in total. The number of hydrogen-bond donors (Lipinski definition) is 3. The van der Waals surface area contributed by atoms with Crippen molar-refractivity contribution in [1.82, 2.24) is 15.6 Å². The summed E-state index contributed by atoms with van der Waals surface area (Å²) < 4.78 is 45.0. The minimum Gasteiger partial charge on any atom is -0.378 e. The third-order valence-electron chi connectivity index (χ3n) is 5.68. The van der Waals surface area contributed by atoms with Crippen LogP contribution in [-0.4, -0.2) is 35.6 Å². The summed E-state index contributed by atoms with van der Waals surface area (Å²) in [5.41, 5.74) is -0.820. The number of rotatable bonds is 7. The molecule has 2 heterocycles. The van der Waals surface area contributed by atoms with Crippen molar-refractivity contribution in [3.63, 3.8) is 0 Å². The maximum Gasteiger partial charge on any atom is 0.418 e. The topological polar surface area (TPSA) is 92.4 Å². The first kappa shape index (κ1) is 25.5. The number of alkyl halides is 3. The predicted molar refractivity (Wildman–Crippen MR) is 128 cm³/mol. The number of ether oxygens (including phenoxy) is 1. The SMILES string of the molecule is O=C(N[C@@]1(C(=O)NCc2ccc(Nc3ccccc3C(F)(F)F)cc2)CCOC1)c1cccc(Cl)n1. The molecule has 1 atom stereocenters. The van der Waals surface area contributed by atoms with Crippen LogP contribution in [0.2, 0.25) is 5.15 Å². The van der Waals surface area contributed by atoms with Crippen molar-refractivity contribution in [2.45, 2.75) is 24.7 Å². The summed E-state index contributed by atoms with van der Waals surface area (Å²) in [6, 6.07) is 16.4. The highest BCUT2D eigenvalue weighted by Crippen LogP contribution is 2.35. The molecule has 2 aromatic carbocycles. The Labute approximate surface area is 210 Å². The first-order chi connectivity index (χ1) is 17.2. The Morgan fingerprint density at radius 2 is 1.78 bits per heavy atom. The van der Waals surface area contributed by atoms with Crippen LogP contribution in [0.3, 0.4) is 0 Å². The zero-order valence-corrected chi connectivity index (χ0v) is 19.6. The molecule has 1 saturated heterocycles. The molecule has 0 radical (unpaired) electrons. The van der Waals surface area contributed by atoms with E-state index >= 15 is 0 Å². The molecule has 0 aliphatic carbocycles. The summed E-state index contributed by atoms with van der Waals surface area (Å²) >= 11 is 5.85. The van der Waals surface area contributed by atoms with Gasteiger partial charge in [-0.15, -0.1) is 0 Å². The van der Waals surface area contributed by atoms with Crippen molar-refractivity contribution in [3.05, 3.63) is 88.7 Å². The van der Waals surface area contributed by atoms with Gasteiger partial charge in [0.05, 0.1) is 17.9 Å². The van der Waals surface area contributed by atoms with E-state index in [2.05, 4.69) is 20.9 Å². The maximum absolute atomic E-state index is 13.2. The number of nitrogens with zero attached hydrogens (tertiary/aromatic N) is 1. The summed E-state index contributed by atoms with van der Waals surface area (Å²) in [6.07, 6.45) is -4.20. The number of pyridine rings is 1. The summed E-state index contributed by atoms with van der Waals surface area (Å²) in [7, 11) is 0. The molecular formula is C25H22ClF3N4O3. The molecular weight excluding hydrogens is 497 g/mol. The Balaban J connectivity index is 1.39. The Hall–Kier alpha value is -3.63. The number of amides is 2. The third-order valence-corrected chi connectivity index (χ3v) is 5.89. The normalized spacial score (nSPS) is 17.4. The lowest BCUT2D eigenvalue weighted by atomic mass is 9.96. The minimum absolute atomic E-state index is 0.00656. The molecule has 1 aliphatic heterocycles. The summed E-state index contributed by atoms with van der Waals surface area (Å²) in [5.74, 6) is -0.968. The van der Waals surface area contributed by atoms with Crippen molar-refractivity contribution < 1.29 is 27.5 Å². The largest absolute Gasteiger partial charge is 0.418 e. The number of anilines is 2. The van der Waals surface area contributed by atoms with E-state index < -0.39 is 29.1 Å². The number of benzene rings is 2. The smallest absolute Gasteiger partial charge is 0.378 e. The van der Waals surface area contributed by atoms with Gasteiger partial charge in [-0.2, -0.15) is 13.2 Å². The minimum atomic E-state index is -4.48. The van der Waals surface area contributed by atoms with E-state index in [9.17, 15) is 22.8 Å². The second-order valence-corrected chi connectivity index (χ2v) is 8.62. The molecule has 2 amide bonds. The van der Waals surface area contributed by atoms with Crippen LogP contribution >= 0.6 is 11.6 Å². The monoisotopic (exact) mass is 518 g/mol. The molecule has 0 unspecified atom stereocenters. The third kappa shape index (κ3) is 5.95. The number of nitrogens with one attached hydrogen (secondary N) is 3. The average molecular weight is 519 g/mol. The number of carbonyl (C=O) groups is 2. The van der Waals surface area contributed by atoms with E-state index in [1.165, 1.54) is 30.3 Å². The summed E-state index contributed by atoms with van der Waals surface area (Å²) in [4.78, 5) is 29.7. The van der Waals surface area contributed by atoms with E-state index in [0.717, 1.165) is 11.6 Å². The van der Waals surface area contributed by atoms with Gasteiger partial charge < -0.3 is 20.7 Å². The fourth-order valence-corrected chi connectivity index (χ4v) is 3.93. The lowest BCUT2D eigenvalue weighted by Gasteiger charge is -2.27. The Bertz CT molecular complexity index is 1250. The Morgan fingerprint density at radius 1 is 1.03 bits per heavy atom. The van der Waals surface area contributed by atoms with Gasteiger partial charge in [-0.25, -0.2) is 4.98 Å². The van der Waals surface area contributed by atoms with Gasteiger partial charge in [0.15, 0.2) is 0 Å². The van der Waals surface area contributed by atoms with Gasteiger partial charge in [-0.05, 0) is 42.0 Å². The number of para-hydroxylation sites is 1. The van der Waals surface area contributed by atoms with E-state index in [1.807, 2.05) is 0 Å². The predicted octanol–water partition coefficient (Wildman–Crippen LogP) is 4.70. The van der Waals surface area contributed by atoms with Crippen molar-refractivity contribution in [2.75, 3.05) is 18.5 Å². The van der Waals surface area contributed by atoms with Gasteiger partial charge >= 0.3 is 6.18 Å². The zero-order valence-electron chi connectivity index (χ0n) is 18.9. The molecule has 36 heavy (non-hydrogen) atoms. The maximum atomic E-state index is 13.2. The highest BCUT2D eigenvalue weighted by Gasteiger charge is 2.44. The molecule has 3 N–H and O–H groups in total. The first-order valence-corrected chi connectivity index (χ1v) is 11.4. The van der Waals surface area contributed by atoms with Crippen LogP contribution in [0.1, 0.15) is 28.0 Å². The molecule has 4 rings (SSSR count). The number of carbonyl (C=O) groups excluding carboxylic acids is 2. The van der Waals surface area contributed by atoms with E-state index in [4.69, 9.17) is 16.3 Å². The molecule has 1 fully saturated rings. The van der Waals surface area contributed by atoms with Crippen LogP contribution in [0.5, 0.6) is 0 Å².